The number of nitrogens with one attached hydrogen (secondary N) is 2. The van der Waals surface area contributed by atoms with Crippen molar-refractivity contribution >= 4 is 22.9 Å². The predicted octanol–water partition coefficient (Wildman–Crippen LogP) is 4.47. The number of nitrogens with zero attached hydrogens (tertiary/aromatic N) is 3. The molecule has 0 radical (unpaired) electrons. The Morgan fingerprint density at radius 1 is 1.30 bits per heavy atom. The van der Waals surface area contributed by atoms with Crippen molar-refractivity contribution in [2.24, 2.45) is 5.92 Å². The number of rotatable bonds is 7. The number of carbonyl (C=O) groups excluding carboxylic acids is 1. The van der Waals surface area contributed by atoms with Crippen molar-refractivity contribution < 1.29 is 9.53 Å². The van der Waals surface area contributed by atoms with E-state index in [2.05, 4.69) is 47.2 Å². The van der Waals surface area contributed by atoms with Crippen molar-refractivity contribution in [3.05, 3.63) is 53.5 Å². The number of anilines is 1. The highest BCUT2D eigenvalue weighted by atomic mass is 16.5. The van der Waals surface area contributed by atoms with Crippen molar-refractivity contribution in [3.63, 3.8) is 0 Å². The number of amides is 1. The standard InChI is InChI=1S/C26H31N5O2/c1-16(2)13-27-24-25-28-14-23(31(25)15-22(30-24)18-8-10-33-11-9-18)19-4-7-21(17(3)12-19)26(32)29-20-5-6-20/h4,7-8,12,14-16,20H,5-6,9-11,13H2,1-3H3,(H,27,30)(H,29,32). The van der Waals surface area contributed by atoms with Crippen LogP contribution in [-0.4, -0.2) is 46.1 Å². The summed E-state index contributed by atoms with van der Waals surface area (Å²) < 4.78 is 7.61. The third-order valence-electron chi connectivity index (χ3n) is 6.14. The third kappa shape index (κ3) is 4.64. The Morgan fingerprint density at radius 2 is 2.15 bits per heavy atom. The van der Waals surface area contributed by atoms with Gasteiger partial charge in [0, 0.05) is 29.9 Å². The van der Waals surface area contributed by atoms with E-state index in [9.17, 15) is 4.79 Å². The minimum Gasteiger partial charge on any atom is -0.377 e. The van der Waals surface area contributed by atoms with Crippen LogP contribution in [0.15, 0.2) is 36.7 Å². The average Bonchev–Trinajstić information content (AvgIpc) is 3.52. The summed E-state index contributed by atoms with van der Waals surface area (Å²) in [5, 5.41) is 6.56. The van der Waals surface area contributed by atoms with E-state index in [1.54, 1.807) is 0 Å². The smallest absolute Gasteiger partial charge is 0.251 e. The van der Waals surface area contributed by atoms with Crippen molar-refractivity contribution in [2.45, 2.75) is 46.1 Å². The van der Waals surface area contributed by atoms with E-state index in [0.717, 1.165) is 65.4 Å². The van der Waals surface area contributed by atoms with Crippen LogP contribution in [0, 0.1) is 12.8 Å². The minimum absolute atomic E-state index is 0.0119. The summed E-state index contributed by atoms with van der Waals surface area (Å²) in [6, 6.07) is 6.34. The summed E-state index contributed by atoms with van der Waals surface area (Å²) in [5.41, 5.74) is 6.62. The molecule has 1 aliphatic carbocycles. The molecule has 2 aliphatic rings. The fourth-order valence-corrected chi connectivity index (χ4v) is 4.10. The molecule has 1 fully saturated rings. The maximum atomic E-state index is 12.6. The lowest BCUT2D eigenvalue weighted by Crippen LogP contribution is -2.26. The molecular weight excluding hydrogens is 414 g/mol. The van der Waals surface area contributed by atoms with Crippen molar-refractivity contribution in [3.8, 4) is 11.3 Å². The molecule has 0 atom stereocenters. The Morgan fingerprint density at radius 3 is 2.85 bits per heavy atom. The normalized spacial score (nSPS) is 16.2. The predicted molar refractivity (Wildman–Crippen MR) is 130 cm³/mol. The van der Waals surface area contributed by atoms with Crippen LogP contribution in [0.4, 0.5) is 5.82 Å². The molecule has 1 aliphatic heterocycles. The maximum Gasteiger partial charge on any atom is 0.251 e. The molecule has 1 amide bonds. The minimum atomic E-state index is 0.0119. The molecule has 5 rings (SSSR count). The number of carbonyl (C=O) groups is 1. The zero-order valence-corrected chi connectivity index (χ0v) is 19.5. The second-order valence-electron chi connectivity index (χ2n) is 9.42. The molecule has 2 aromatic heterocycles. The van der Waals surface area contributed by atoms with Gasteiger partial charge in [-0.05, 0) is 55.4 Å². The van der Waals surface area contributed by atoms with Crippen molar-refractivity contribution in [1.29, 1.82) is 0 Å². The second-order valence-corrected chi connectivity index (χ2v) is 9.42. The van der Waals surface area contributed by atoms with Crippen LogP contribution < -0.4 is 10.6 Å². The Bertz CT molecular complexity index is 1220. The zero-order chi connectivity index (χ0) is 22.9. The number of imidazole rings is 1. The Kier molecular flexibility index (Phi) is 5.89. The van der Waals surface area contributed by atoms with E-state index < -0.39 is 0 Å². The van der Waals surface area contributed by atoms with Gasteiger partial charge < -0.3 is 15.4 Å². The summed E-state index contributed by atoms with van der Waals surface area (Å²) >= 11 is 0. The van der Waals surface area contributed by atoms with E-state index in [1.165, 1.54) is 5.57 Å². The van der Waals surface area contributed by atoms with Gasteiger partial charge in [0.2, 0.25) is 0 Å². The second kappa shape index (κ2) is 8.98. The van der Waals surface area contributed by atoms with Gasteiger partial charge in [-0.3, -0.25) is 9.20 Å². The van der Waals surface area contributed by atoms with E-state index in [0.29, 0.717) is 25.2 Å². The zero-order valence-electron chi connectivity index (χ0n) is 19.5. The highest BCUT2D eigenvalue weighted by Gasteiger charge is 2.24. The fourth-order valence-electron chi connectivity index (χ4n) is 4.10. The van der Waals surface area contributed by atoms with Gasteiger partial charge in [-0.25, -0.2) is 9.97 Å². The molecule has 2 N–H and O–H groups in total. The summed E-state index contributed by atoms with van der Waals surface area (Å²) in [6.07, 6.45) is 9.07. The Labute approximate surface area is 194 Å². The SMILES string of the molecule is Cc1cc(-c2cnc3c(NCC(C)C)nc(C4=CCOCC4)cn23)ccc1C(=O)NC1CC1. The molecule has 0 bridgehead atoms. The molecular formula is C26H31N5O2. The van der Waals surface area contributed by atoms with Crippen LogP contribution >= 0.6 is 0 Å². The number of hydrogen-bond donors (Lipinski definition) is 2. The Hall–Kier alpha value is -3.19. The van der Waals surface area contributed by atoms with Crippen LogP contribution in [0.1, 0.15) is 54.7 Å². The van der Waals surface area contributed by atoms with Gasteiger partial charge in [0.25, 0.3) is 5.91 Å². The number of aromatic nitrogens is 3. The highest BCUT2D eigenvalue weighted by molar-refractivity contribution is 5.96. The van der Waals surface area contributed by atoms with Crippen LogP contribution in [0.2, 0.25) is 0 Å². The van der Waals surface area contributed by atoms with Gasteiger partial charge in [0.15, 0.2) is 11.5 Å². The number of aryl methyl sites for hydroxylation is 1. The largest absolute Gasteiger partial charge is 0.377 e. The first kappa shape index (κ1) is 21.6. The molecule has 1 saturated carbocycles. The third-order valence-corrected chi connectivity index (χ3v) is 6.14. The first-order valence-corrected chi connectivity index (χ1v) is 11.8. The molecule has 7 nitrogen and oxygen atoms in total. The van der Waals surface area contributed by atoms with Crippen LogP contribution in [0.3, 0.4) is 0 Å². The molecule has 0 spiro atoms. The quantitative estimate of drug-likeness (QED) is 0.561. The van der Waals surface area contributed by atoms with Crippen LogP contribution in [0.5, 0.6) is 0 Å². The van der Waals surface area contributed by atoms with Gasteiger partial charge >= 0.3 is 0 Å². The Balaban J connectivity index is 1.55. The van der Waals surface area contributed by atoms with Gasteiger partial charge in [-0.1, -0.05) is 26.0 Å². The lowest BCUT2D eigenvalue weighted by Gasteiger charge is -2.16. The monoisotopic (exact) mass is 445 g/mol. The average molecular weight is 446 g/mol. The van der Waals surface area contributed by atoms with Crippen molar-refractivity contribution in [2.75, 3.05) is 25.1 Å². The van der Waals surface area contributed by atoms with E-state index in [4.69, 9.17) is 14.7 Å². The van der Waals surface area contributed by atoms with Crippen LogP contribution in [0.25, 0.3) is 22.5 Å². The number of benzene rings is 1. The fraction of sp³-hybridized carbons (Fsp3) is 0.423. The first-order chi connectivity index (χ1) is 16.0. The number of hydrogen-bond acceptors (Lipinski definition) is 5. The molecule has 3 aromatic rings. The summed E-state index contributed by atoms with van der Waals surface area (Å²) in [6.45, 7) is 8.49. The van der Waals surface area contributed by atoms with Gasteiger partial charge in [0.05, 0.1) is 30.8 Å². The molecule has 33 heavy (non-hydrogen) atoms. The molecule has 172 valence electrons. The lowest BCUT2D eigenvalue weighted by atomic mass is 10.0. The van der Waals surface area contributed by atoms with E-state index in [1.807, 2.05) is 25.3 Å². The lowest BCUT2D eigenvalue weighted by molar-refractivity contribution is 0.0950. The molecule has 7 heteroatoms. The molecule has 1 aromatic carbocycles. The van der Waals surface area contributed by atoms with E-state index in [-0.39, 0.29) is 5.91 Å². The molecule has 0 saturated heterocycles. The van der Waals surface area contributed by atoms with Crippen molar-refractivity contribution in [1.82, 2.24) is 19.7 Å². The summed E-state index contributed by atoms with van der Waals surface area (Å²) in [4.78, 5) is 22.2. The topological polar surface area (TPSA) is 80.6 Å². The van der Waals surface area contributed by atoms with Gasteiger partial charge in [0.1, 0.15) is 0 Å². The number of ether oxygens (including phenoxy) is 1. The van der Waals surface area contributed by atoms with E-state index >= 15 is 0 Å². The highest BCUT2D eigenvalue weighted by Crippen LogP contribution is 2.29. The van der Waals surface area contributed by atoms with Gasteiger partial charge in [-0.15, -0.1) is 0 Å². The summed E-state index contributed by atoms with van der Waals surface area (Å²) in [7, 11) is 0. The van der Waals surface area contributed by atoms with Crippen LogP contribution in [-0.2, 0) is 4.74 Å². The number of fused-ring (bicyclic) bond motifs is 1. The first-order valence-electron chi connectivity index (χ1n) is 11.8. The van der Waals surface area contributed by atoms with Gasteiger partial charge in [-0.2, -0.15) is 0 Å². The molecule has 0 unspecified atom stereocenters. The molecule has 3 heterocycles. The maximum absolute atomic E-state index is 12.6. The summed E-state index contributed by atoms with van der Waals surface area (Å²) in [5.74, 6) is 1.29.